The van der Waals surface area contributed by atoms with Gasteiger partial charge in [-0.15, -0.1) is 14.1 Å². The Hall–Kier alpha value is -1.49. The minimum atomic E-state index is -0.167. The number of aryl methyl sites for hydroxylation is 3. The van der Waals surface area contributed by atoms with Gasteiger partial charge in [-0.1, -0.05) is 103 Å². The van der Waals surface area contributed by atoms with Crippen LogP contribution in [0.3, 0.4) is 0 Å². The summed E-state index contributed by atoms with van der Waals surface area (Å²) in [5, 5.41) is 71.1. The van der Waals surface area contributed by atoms with Crippen LogP contribution in [0.1, 0.15) is 182 Å². The number of hydrogen-bond donors (Lipinski definition) is 8. The molecule has 0 atom stereocenters. The fraction of sp³-hybridized carbons (Fsp3) is 0.655. The minimum absolute atomic E-state index is 0. The van der Waals surface area contributed by atoms with Crippen molar-refractivity contribution < 1.29 is 107 Å². The van der Waals surface area contributed by atoms with Gasteiger partial charge in [0, 0.05) is 135 Å². The molecule has 0 aliphatic heterocycles. The zero-order chi connectivity index (χ0) is 56.4. The van der Waals surface area contributed by atoms with Crippen LogP contribution in [0.5, 0.6) is 17.2 Å². The van der Waals surface area contributed by atoms with Crippen molar-refractivity contribution in [3.63, 3.8) is 0 Å². The first-order valence-corrected chi connectivity index (χ1v) is 24.3. The Kier molecular flexibility index (Phi) is 45.8. The number of phenolic OH excluding ortho intramolecular Hbond substituents is 3. The third kappa shape index (κ3) is 50.4. The monoisotopic (exact) mass is 1160 g/mol. The van der Waals surface area contributed by atoms with Crippen LogP contribution in [0.2, 0.25) is 0 Å². The van der Waals surface area contributed by atoms with E-state index in [9.17, 15) is 15.3 Å². The molecule has 0 amide bonds. The minimum Gasteiger partial charge on any atom is -0.507 e. The number of methoxy groups -OCH3 is 1. The van der Waals surface area contributed by atoms with E-state index in [1.54, 1.807) is 76.3 Å². The fourth-order valence-corrected chi connectivity index (χ4v) is 5.71. The molecule has 11 nitrogen and oxygen atoms in total. The Labute approximate surface area is 475 Å². The number of ether oxygens (including phenoxy) is 1. The number of nitrogens with zero attached hydrogens (tertiary/aromatic N) is 2. The molecule has 0 fully saturated rings. The summed E-state index contributed by atoms with van der Waals surface area (Å²) in [7, 11) is 17.9. The van der Waals surface area contributed by atoms with Crippen molar-refractivity contribution >= 4 is 0 Å². The Morgan fingerprint density at radius 2 is 0.592 bits per heavy atom. The van der Waals surface area contributed by atoms with Gasteiger partial charge >= 0.3 is 0 Å². The topological polar surface area (TPSA) is 171 Å². The second-order valence-corrected chi connectivity index (χ2v) is 23.8. The number of quaternary nitrogens is 2. The Morgan fingerprint density at radius 1 is 0.423 bits per heavy atom. The van der Waals surface area contributed by atoms with E-state index in [4.69, 9.17) is 30.3 Å². The van der Waals surface area contributed by atoms with Crippen molar-refractivity contribution in [2.24, 2.45) is 0 Å². The quantitative estimate of drug-likeness (QED) is 0.0884. The van der Waals surface area contributed by atoms with E-state index >= 15 is 0 Å². The van der Waals surface area contributed by atoms with Crippen molar-refractivity contribution in [3.05, 3.63) is 101 Å². The van der Waals surface area contributed by atoms with E-state index in [1.807, 2.05) is 47.2 Å². The van der Waals surface area contributed by atoms with Crippen LogP contribution < -0.4 is 0 Å². The molecule has 0 bridgehead atoms. The largest absolute Gasteiger partial charge is 0.507 e. The molecule has 71 heavy (non-hydrogen) atoms. The van der Waals surface area contributed by atoms with Crippen molar-refractivity contribution in [2.45, 2.75) is 219 Å². The van der Waals surface area contributed by atoms with Crippen LogP contribution >= 0.6 is 0 Å². The van der Waals surface area contributed by atoms with E-state index in [2.05, 4.69) is 115 Å². The molecule has 0 aliphatic carbocycles. The normalized spacial score (nSPS) is 11.2. The number of hydrogen-bond acceptors (Lipinski definition) is 9. The molecule has 3 aromatic rings. The summed E-state index contributed by atoms with van der Waals surface area (Å²) in [6, 6.07) is 12.2. The SMILES string of the molecule is CC(C)O.CC(C)O.CC(C)O.CC(C)O.CC(C)O.COCc1cc(C)cc(C(C)(C)C)c1O.[CH2-][N+](C)(C)Cc1cc(C)cc(C(C)(C)C)c1O.[CH2-][N+](C)(C)Cc1cc(C)cc(C(C)(C)C)c1O.[Zr].[Zr]. The maximum Gasteiger partial charge on any atom is 0.128 e. The molecule has 0 aromatic heterocycles. The second-order valence-electron chi connectivity index (χ2n) is 23.8. The van der Waals surface area contributed by atoms with Gasteiger partial charge in [0.05, 0.1) is 19.7 Å². The number of aliphatic hydroxyl groups excluding tert-OH is 5. The summed E-state index contributed by atoms with van der Waals surface area (Å²) in [5.74, 6) is 1.23. The van der Waals surface area contributed by atoms with Gasteiger partial charge < -0.3 is 54.6 Å². The first-order valence-electron chi connectivity index (χ1n) is 24.3. The van der Waals surface area contributed by atoms with E-state index in [0.717, 1.165) is 52.0 Å². The Bertz CT molecular complexity index is 1680. The van der Waals surface area contributed by atoms with Crippen LogP contribution in [-0.2, 0) is 93.1 Å². The molecule has 13 heteroatoms. The molecular weight excluding hydrogens is 1050 g/mol. The molecular formula is C58H110N2O9Zr2. The van der Waals surface area contributed by atoms with Crippen LogP contribution in [0.4, 0.5) is 0 Å². The molecule has 0 aliphatic rings. The predicted octanol–water partition coefficient (Wildman–Crippen LogP) is 11.8. The number of aliphatic hydroxyl groups is 5. The van der Waals surface area contributed by atoms with Gasteiger partial charge in [-0.3, -0.25) is 0 Å². The van der Waals surface area contributed by atoms with Gasteiger partial charge in [0.2, 0.25) is 0 Å². The number of aromatic hydroxyl groups is 3. The van der Waals surface area contributed by atoms with Gasteiger partial charge in [0.25, 0.3) is 0 Å². The van der Waals surface area contributed by atoms with Gasteiger partial charge in [-0.2, -0.15) is 0 Å². The fourth-order valence-electron chi connectivity index (χ4n) is 5.71. The molecule has 0 unspecified atom stereocenters. The average Bonchev–Trinajstić information content (AvgIpc) is 3.06. The first kappa shape index (κ1) is 83.5. The molecule has 0 spiro atoms. The van der Waals surface area contributed by atoms with Crippen LogP contribution in [0, 0.1) is 34.9 Å². The van der Waals surface area contributed by atoms with Gasteiger partial charge in [0.1, 0.15) is 17.2 Å². The maximum absolute atomic E-state index is 10.4. The molecule has 0 radical (unpaired) electrons. The Balaban J connectivity index is -0.000000144. The number of rotatable bonds is 6. The smallest absolute Gasteiger partial charge is 0.128 e. The van der Waals surface area contributed by atoms with E-state index in [0.29, 0.717) is 32.8 Å². The molecule has 0 saturated heterocycles. The molecule has 8 N–H and O–H groups in total. The van der Waals surface area contributed by atoms with Crippen molar-refractivity contribution in [1.29, 1.82) is 0 Å². The standard InChI is InChI=1S/2C15H25NO.C13H20O2.5C3H8O.2Zr/c2*1-11-8-12(10-16(5,6)7)14(17)13(9-11)15(2,3)4;1-9-6-10(8-15-5)12(14)11(7-9)13(2,3)4;5*1-3(2)4;;/h2*8-9,17H,5,10H2,1-4,6-7H3;6-7,14H,8H2,1-5H3;5*3-4H,1-2H3;;. The van der Waals surface area contributed by atoms with Crippen LogP contribution in [0.15, 0.2) is 36.4 Å². The third-order valence-corrected chi connectivity index (χ3v) is 7.92. The first-order chi connectivity index (χ1) is 30.5. The third-order valence-electron chi connectivity index (χ3n) is 7.92. The summed E-state index contributed by atoms with van der Waals surface area (Å²) in [5.41, 5.74) is 9.26. The molecule has 414 valence electrons. The van der Waals surface area contributed by atoms with Gasteiger partial charge in [-0.25, -0.2) is 0 Å². The van der Waals surface area contributed by atoms with Gasteiger partial charge in [0.15, 0.2) is 0 Å². The summed E-state index contributed by atoms with van der Waals surface area (Å²) in [6.45, 7) is 44.3. The predicted molar refractivity (Wildman–Crippen MR) is 294 cm³/mol. The molecule has 0 saturated carbocycles. The number of phenols is 3. The zero-order valence-corrected chi connectivity index (χ0v) is 55.2. The number of benzene rings is 3. The Morgan fingerprint density at radius 3 is 0.746 bits per heavy atom. The van der Waals surface area contributed by atoms with Gasteiger partial charge in [-0.05, 0) is 135 Å². The second kappa shape index (κ2) is 39.0. The maximum atomic E-state index is 10.4. The molecule has 0 heterocycles. The van der Waals surface area contributed by atoms with E-state index < -0.39 is 0 Å². The van der Waals surface area contributed by atoms with Crippen molar-refractivity contribution in [3.8, 4) is 17.2 Å². The van der Waals surface area contributed by atoms with Crippen LogP contribution in [0.25, 0.3) is 0 Å². The summed E-state index contributed by atoms with van der Waals surface area (Å²) >= 11 is 0. The summed E-state index contributed by atoms with van der Waals surface area (Å²) < 4.78 is 6.21. The average molecular weight is 1160 g/mol. The zero-order valence-electron chi connectivity index (χ0n) is 50.3. The van der Waals surface area contributed by atoms with Crippen LogP contribution in [-0.4, -0.2) is 116 Å². The van der Waals surface area contributed by atoms with E-state index in [1.165, 1.54) is 11.1 Å². The summed E-state index contributed by atoms with van der Waals surface area (Å²) in [6.07, 6.45) is -0.833. The van der Waals surface area contributed by atoms with Crippen molar-refractivity contribution in [2.75, 3.05) is 35.3 Å². The molecule has 3 aromatic carbocycles. The van der Waals surface area contributed by atoms with E-state index in [-0.39, 0.29) is 99.2 Å². The molecule has 3 rings (SSSR count). The summed E-state index contributed by atoms with van der Waals surface area (Å²) in [4.78, 5) is 0. The van der Waals surface area contributed by atoms with Crippen molar-refractivity contribution in [1.82, 2.24) is 0 Å².